The van der Waals surface area contributed by atoms with Crippen molar-refractivity contribution < 1.29 is 0 Å². The monoisotopic (exact) mass is 166 g/mol. The van der Waals surface area contributed by atoms with E-state index in [2.05, 4.69) is 11.8 Å². The second-order valence-corrected chi connectivity index (χ2v) is 3.13. The van der Waals surface area contributed by atoms with Crippen LogP contribution in [0.25, 0.3) is 0 Å². The highest BCUT2D eigenvalue weighted by Gasteiger charge is 2.10. The van der Waals surface area contributed by atoms with Gasteiger partial charge in [-0.2, -0.15) is 0 Å². The lowest BCUT2D eigenvalue weighted by atomic mass is 9.87. The average molecular weight is 166 g/mol. The molecule has 0 aliphatic heterocycles. The first-order chi connectivity index (χ1) is 5.93. The highest BCUT2D eigenvalue weighted by atomic mass is 14.2. The quantitative estimate of drug-likeness (QED) is 0.516. The molecule has 1 aliphatic rings. The smallest absolute Gasteiger partial charge is 0.0117 e. The van der Waals surface area contributed by atoms with E-state index >= 15 is 0 Å². The van der Waals surface area contributed by atoms with Crippen molar-refractivity contribution in [2.24, 2.45) is 5.92 Å². The van der Waals surface area contributed by atoms with Crippen LogP contribution in [0.4, 0.5) is 0 Å². The topological polar surface area (TPSA) is 0 Å². The van der Waals surface area contributed by atoms with Gasteiger partial charge in [-0.05, 0) is 25.7 Å². The standard InChI is InChI=1S/C10H16.C2H6/c1-2-3-7-10-8-5-4-6-9-10;1-2/h10H,4-9H2,1H3;1-2H3. The molecule has 0 radical (unpaired) electrons. The van der Waals surface area contributed by atoms with E-state index < -0.39 is 0 Å². The molecule has 0 spiro atoms. The molecule has 0 aromatic carbocycles. The maximum absolute atomic E-state index is 3.17. The largest absolute Gasteiger partial charge is 0.107 e. The van der Waals surface area contributed by atoms with E-state index in [1.165, 1.54) is 32.1 Å². The van der Waals surface area contributed by atoms with Crippen LogP contribution >= 0.6 is 0 Å². The van der Waals surface area contributed by atoms with E-state index in [1.807, 2.05) is 20.8 Å². The van der Waals surface area contributed by atoms with E-state index in [0.717, 1.165) is 12.3 Å². The lowest BCUT2D eigenvalue weighted by Crippen LogP contribution is -2.04. The van der Waals surface area contributed by atoms with Crippen molar-refractivity contribution in [3.63, 3.8) is 0 Å². The van der Waals surface area contributed by atoms with Gasteiger partial charge in [0.05, 0.1) is 0 Å². The summed E-state index contributed by atoms with van der Waals surface area (Å²) in [7, 11) is 0. The van der Waals surface area contributed by atoms with Crippen LogP contribution in [0, 0.1) is 17.8 Å². The van der Waals surface area contributed by atoms with Gasteiger partial charge in [0.15, 0.2) is 0 Å². The first-order valence-electron chi connectivity index (χ1n) is 5.33. The Kier molecular flexibility index (Phi) is 8.34. The normalized spacial score (nSPS) is 16.9. The molecule has 0 aromatic rings. The number of hydrogen-bond donors (Lipinski definition) is 0. The van der Waals surface area contributed by atoms with Crippen LogP contribution in [0.15, 0.2) is 0 Å². The van der Waals surface area contributed by atoms with Gasteiger partial charge in [0.2, 0.25) is 0 Å². The summed E-state index contributed by atoms with van der Waals surface area (Å²) in [6.45, 7) is 5.93. The predicted octanol–water partition coefficient (Wildman–Crippen LogP) is 4.01. The Hall–Kier alpha value is -0.440. The molecular weight excluding hydrogens is 144 g/mol. The zero-order valence-corrected chi connectivity index (χ0v) is 8.82. The van der Waals surface area contributed by atoms with Crippen LogP contribution in [0.1, 0.15) is 59.3 Å². The molecule has 0 heteroatoms. The highest BCUT2D eigenvalue weighted by molar-refractivity contribution is 4.96. The summed E-state index contributed by atoms with van der Waals surface area (Å²) in [5.74, 6) is 7.06. The van der Waals surface area contributed by atoms with Crippen LogP contribution < -0.4 is 0 Å². The fraction of sp³-hybridized carbons (Fsp3) is 0.833. The second-order valence-electron chi connectivity index (χ2n) is 3.13. The van der Waals surface area contributed by atoms with Gasteiger partial charge >= 0.3 is 0 Å². The van der Waals surface area contributed by atoms with Crippen LogP contribution in [-0.2, 0) is 0 Å². The van der Waals surface area contributed by atoms with Gasteiger partial charge in [-0.15, -0.1) is 11.8 Å². The van der Waals surface area contributed by atoms with Gasteiger partial charge in [0.25, 0.3) is 0 Å². The summed E-state index contributed by atoms with van der Waals surface area (Å²) >= 11 is 0. The first kappa shape index (κ1) is 11.6. The van der Waals surface area contributed by atoms with Crippen molar-refractivity contribution in [1.82, 2.24) is 0 Å². The average Bonchev–Trinajstić information content (AvgIpc) is 2.19. The lowest BCUT2D eigenvalue weighted by molar-refractivity contribution is 0.365. The Bertz CT molecular complexity index is 130. The van der Waals surface area contributed by atoms with Crippen LogP contribution in [0.5, 0.6) is 0 Å². The zero-order chi connectivity index (χ0) is 9.23. The minimum atomic E-state index is 0.932. The minimum Gasteiger partial charge on any atom is -0.107 e. The molecule has 1 rings (SSSR count). The second kappa shape index (κ2) is 8.65. The Labute approximate surface area is 77.8 Å². The fourth-order valence-corrected chi connectivity index (χ4v) is 1.64. The van der Waals surface area contributed by atoms with Gasteiger partial charge in [-0.3, -0.25) is 0 Å². The molecule has 1 aliphatic carbocycles. The van der Waals surface area contributed by atoms with Crippen molar-refractivity contribution in [3.05, 3.63) is 0 Å². The third-order valence-electron chi connectivity index (χ3n) is 2.29. The van der Waals surface area contributed by atoms with E-state index in [1.54, 1.807) is 0 Å². The molecule has 70 valence electrons. The maximum Gasteiger partial charge on any atom is 0.0117 e. The van der Waals surface area contributed by atoms with Gasteiger partial charge < -0.3 is 0 Å². The van der Waals surface area contributed by atoms with Crippen LogP contribution in [-0.4, -0.2) is 0 Å². The first-order valence-corrected chi connectivity index (χ1v) is 5.33. The van der Waals surface area contributed by atoms with E-state index in [-0.39, 0.29) is 0 Å². The van der Waals surface area contributed by atoms with Gasteiger partial charge in [0, 0.05) is 6.42 Å². The van der Waals surface area contributed by atoms with Crippen molar-refractivity contribution in [1.29, 1.82) is 0 Å². The molecule has 1 fully saturated rings. The highest BCUT2D eigenvalue weighted by Crippen LogP contribution is 2.25. The molecule has 1 saturated carbocycles. The third-order valence-corrected chi connectivity index (χ3v) is 2.29. The van der Waals surface area contributed by atoms with Crippen molar-refractivity contribution in [2.75, 3.05) is 0 Å². The maximum atomic E-state index is 3.17. The van der Waals surface area contributed by atoms with Crippen molar-refractivity contribution in [2.45, 2.75) is 59.3 Å². The molecular formula is C12H22. The summed E-state index contributed by atoms with van der Waals surface area (Å²) < 4.78 is 0. The Morgan fingerprint density at radius 1 is 1.08 bits per heavy atom. The van der Waals surface area contributed by atoms with E-state index in [4.69, 9.17) is 0 Å². The zero-order valence-electron chi connectivity index (χ0n) is 8.82. The molecule has 0 amide bonds. The fourth-order valence-electron chi connectivity index (χ4n) is 1.64. The van der Waals surface area contributed by atoms with Gasteiger partial charge in [-0.25, -0.2) is 0 Å². The summed E-state index contributed by atoms with van der Waals surface area (Å²) in [5.41, 5.74) is 0. The SMILES string of the molecule is CC.CC#CCC1CCCCC1. The lowest BCUT2D eigenvalue weighted by Gasteiger charge is -2.18. The van der Waals surface area contributed by atoms with Gasteiger partial charge in [-0.1, -0.05) is 33.1 Å². The molecule has 12 heavy (non-hydrogen) atoms. The summed E-state index contributed by atoms with van der Waals surface area (Å²) in [6.07, 6.45) is 8.34. The summed E-state index contributed by atoms with van der Waals surface area (Å²) in [6, 6.07) is 0. The Morgan fingerprint density at radius 3 is 2.17 bits per heavy atom. The number of rotatable bonds is 1. The molecule has 0 N–H and O–H groups in total. The van der Waals surface area contributed by atoms with Crippen LogP contribution in [0.2, 0.25) is 0 Å². The molecule has 0 heterocycles. The molecule has 0 aromatic heterocycles. The predicted molar refractivity (Wildman–Crippen MR) is 56.0 cm³/mol. The molecule has 0 saturated heterocycles. The Morgan fingerprint density at radius 2 is 1.67 bits per heavy atom. The van der Waals surface area contributed by atoms with Crippen LogP contribution in [0.3, 0.4) is 0 Å². The summed E-state index contributed by atoms with van der Waals surface area (Å²) in [4.78, 5) is 0. The van der Waals surface area contributed by atoms with Crippen molar-refractivity contribution in [3.8, 4) is 11.8 Å². The molecule has 0 nitrogen and oxygen atoms in total. The summed E-state index contributed by atoms with van der Waals surface area (Å²) in [5, 5.41) is 0. The van der Waals surface area contributed by atoms with E-state index in [9.17, 15) is 0 Å². The van der Waals surface area contributed by atoms with Gasteiger partial charge in [0.1, 0.15) is 0 Å². The molecule has 0 atom stereocenters. The molecule has 0 bridgehead atoms. The molecule has 0 unspecified atom stereocenters. The third kappa shape index (κ3) is 5.24. The minimum absolute atomic E-state index is 0.932. The van der Waals surface area contributed by atoms with Crippen molar-refractivity contribution >= 4 is 0 Å². The van der Waals surface area contributed by atoms with E-state index in [0.29, 0.717) is 0 Å². The Balaban J connectivity index is 0.000000561. The number of hydrogen-bond acceptors (Lipinski definition) is 0.